The number of carboxylic acid groups (broad SMARTS) is 1. The molecule has 1 aliphatic rings. The molecular formula is C22H22N2O4. The maximum absolute atomic E-state index is 12.7. The number of nitrogens with one attached hydrogen (secondary N) is 1. The predicted octanol–water partition coefficient (Wildman–Crippen LogP) is 4.06. The molecule has 2 aromatic rings. The van der Waals surface area contributed by atoms with E-state index in [4.69, 9.17) is 0 Å². The molecular weight excluding hydrogens is 356 g/mol. The van der Waals surface area contributed by atoms with Gasteiger partial charge in [0.15, 0.2) is 5.78 Å². The van der Waals surface area contributed by atoms with Crippen LogP contribution in [0.3, 0.4) is 0 Å². The number of aromatic carboxylic acids is 1. The number of carbonyl (C=O) groups is 3. The highest BCUT2D eigenvalue weighted by Gasteiger charge is 2.24. The van der Waals surface area contributed by atoms with Crippen molar-refractivity contribution in [3.63, 3.8) is 0 Å². The third-order valence-electron chi connectivity index (χ3n) is 4.94. The second-order valence-electron chi connectivity index (χ2n) is 6.88. The smallest absolute Gasteiger partial charge is 0.337 e. The monoisotopic (exact) mass is 378 g/mol. The maximum atomic E-state index is 12.7. The lowest BCUT2D eigenvalue weighted by Gasteiger charge is -2.11. The number of ketones is 1. The summed E-state index contributed by atoms with van der Waals surface area (Å²) in [5, 5.41) is 12.1. The van der Waals surface area contributed by atoms with Gasteiger partial charge in [-0.1, -0.05) is 31.0 Å². The number of hydrogen-bond donors (Lipinski definition) is 2. The van der Waals surface area contributed by atoms with Crippen LogP contribution >= 0.6 is 0 Å². The molecule has 0 heterocycles. The molecule has 1 saturated carbocycles. The lowest BCUT2D eigenvalue weighted by atomic mass is 9.95. The van der Waals surface area contributed by atoms with E-state index in [1.165, 1.54) is 18.3 Å². The van der Waals surface area contributed by atoms with Gasteiger partial charge in [0.05, 0.1) is 11.3 Å². The molecule has 0 radical (unpaired) electrons. The molecule has 6 heteroatoms. The van der Waals surface area contributed by atoms with E-state index >= 15 is 0 Å². The number of Topliss-reactive ketones (excluding diaryl/α,β-unsaturated/α-hetero) is 1. The summed E-state index contributed by atoms with van der Waals surface area (Å²) in [7, 11) is 1.59. The van der Waals surface area contributed by atoms with Crippen molar-refractivity contribution in [1.82, 2.24) is 0 Å². The number of carbonyl (C=O) groups excluding carboxylic acids is 2. The van der Waals surface area contributed by atoms with Crippen LogP contribution in [0.1, 0.15) is 62.3 Å². The van der Waals surface area contributed by atoms with Gasteiger partial charge in [0.2, 0.25) is 0 Å². The van der Waals surface area contributed by atoms with Crippen LogP contribution in [0.5, 0.6) is 0 Å². The number of nitrogens with zero attached hydrogens (tertiary/aromatic N) is 1. The zero-order valence-corrected chi connectivity index (χ0v) is 15.6. The number of anilines is 1. The molecule has 6 nitrogen and oxygen atoms in total. The van der Waals surface area contributed by atoms with E-state index in [9.17, 15) is 19.5 Å². The highest BCUT2D eigenvalue weighted by atomic mass is 16.4. The van der Waals surface area contributed by atoms with Gasteiger partial charge in [0.1, 0.15) is 0 Å². The molecule has 0 atom stereocenters. The first-order chi connectivity index (χ1) is 13.5. The summed E-state index contributed by atoms with van der Waals surface area (Å²) in [4.78, 5) is 40.7. The minimum Gasteiger partial charge on any atom is -0.478 e. The van der Waals surface area contributed by atoms with E-state index < -0.39 is 11.9 Å². The van der Waals surface area contributed by atoms with Crippen LogP contribution in [0.4, 0.5) is 5.69 Å². The molecule has 3 rings (SSSR count). The minimum absolute atomic E-state index is 0.0241. The van der Waals surface area contributed by atoms with Gasteiger partial charge in [0.25, 0.3) is 5.91 Å². The fourth-order valence-electron chi connectivity index (χ4n) is 3.51. The first-order valence-electron chi connectivity index (χ1n) is 9.24. The van der Waals surface area contributed by atoms with Gasteiger partial charge in [-0.25, -0.2) is 4.79 Å². The molecule has 2 aromatic carbocycles. The van der Waals surface area contributed by atoms with Crippen LogP contribution in [0.15, 0.2) is 47.5 Å². The number of benzene rings is 2. The number of aliphatic imine (C=N–C) groups is 1. The van der Waals surface area contributed by atoms with Crippen molar-refractivity contribution in [1.29, 1.82) is 0 Å². The molecule has 1 fully saturated rings. The number of carboxylic acids is 1. The van der Waals surface area contributed by atoms with E-state index in [1.54, 1.807) is 37.4 Å². The Morgan fingerprint density at radius 3 is 2.46 bits per heavy atom. The SMILES string of the molecule is CN=Cc1ccc(NC(=O)c2cccc(C(=O)C3CCCC3)c2)c(C(=O)O)c1. The number of rotatable bonds is 6. The highest BCUT2D eigenvalue weighted by Crippen LogP contribution is 2.28. The van der Waals surface area contributed by atoms with Crippen molar-refractivity contribution in [2.45, 2.75) is 25.7 Å². The Bertz CT molecular complexity index is 943. The highest BCUT2D eigenvalue weighted by molar-refractivity contribution is 6.09. The Morgan fingerprint density at radius 1 is 1.07 bits per heavy atom. The van der Waals surface area contributed by atoms with Crippen LogP contribution in [-0.2, 0) is 0 Å². The quantitative estimate of drug-likeness (QED) is 0.585. The van der Waals surface area contributed by atoms with E-state index in [0.29, 0.717) is 16.7 Å². The van der Waals surface area contributed by atoms with E-state index in [0.717, 1.165) is 25.7 Å². The molecule has 0 saturated heterocycles. The summed E-state index contributed by atoms with van der Waals surface area (Å²) in [6, 6.07) is 11.2. The topological polar surface area (TPSA) is 95.8 Å². The summed E-state index contributed by atoms with van der Waals surface area (Å²) < 4.78 is 0. The normalized spacial score (nSPS) is 14.3. The van der Waals surface area contributed by atoms with Gasteiger partial charge in [-0.15, -0.1) is 0 Å². The van der Waals surface area contributed by atoms with Gasteiger partial charge in [-0.05, 0) is 42.7 Å². The summed E-state index contributed by atoms with van der Waals surface area (Å²) >= 11 is 0. The Labute approximate surface area is 163 Å². The van der Waals surface area contributed by atoms with Crippen LogP contribution < -0.4 is 5.32 Å². The molecule has 28 heavy (non-hydrogen) atoms. The van der Waals surface area contributed by atoms with Crippen molar-refractivity contribution in [2.75, 3.05) is 12.4 Å². The average molecular weight is 378 g/mol. The first-order valence-corrected chi connectivity index (χ1v) is 9.24. The summed E-state index contributed by atoms with van der Waals surface area (Å²) in [6.07, 6.45) is 5.45. The Morgan fingerprint density at radius 2 is 1.79 bits per heavy atom. The van der Waals surface area contributed by atoms with Crippen LogP contribution in [-0.4, -0.2) is 36.0 Å². The van der Waals surface area contributed by atoms with Crippen molar-refractivity contribution in [3.05, 3.63) is 64.7 Å². The Kier molecular flexibility index (Phi) is 5.99. The molecule has 2 N–H and O–H groups in total. The molecule has 0 spiro atoms. The largest absolute Gasteiger partial charge is 0.478 e. The van der Waals surface area contributed by atoms with Crippen molar-refractivity contribution in [3.8, 4) is 0 Å². The average Bonchev–Trinajstić information content (AvgIpc) is 3.23. The molecule has 0 bridgehead atoms. The first kappa shape index (κ1) is 19.5. The Balaban J connectivity index is 1.82. The zero-order valence-electron chi connectivity index (χ0n) is 15.6. The van der Waals surface area contributed by atoms with Crippen LogP contribution in [0, 0.1) is 5.92 Å². The van der Waals surface area contributed by atoms with Gasteiger partial charge < -0.3 is 10.4 Å². The van der Waals surface area contributed by atoms with Crippen molar-refractivity contribution >= 4 is 29.6 Å². The van der Waals surface area contributed by atoms with Crippen molar-refractivity contribution in [2.24, 2.45) is 10.9 Å². The number of amides is 1. The summed E-state index contributed by atoms with van der Waals surface area (Å²) in [5.74, 6) is -1.50. The fraction of sp³-hybridized carbons (Fsp3) is 0.273. The lowest BCUT2D eigenvalue weighted by Crippen LogP contribution is -2.17. The zero-order chi connectivity index (χ0) is 20.1. The van der Waals surface area contributed by atoms with Gasteiger partial charge in [-0.2, -0.15) is 0 Å². The third kappa shape index (κ3) is 4.34. The number of hydrogen-bond acceptors (Lipinski definition) is 4. The molecule has 144 valence electrons. The Hall–Kier alpha value is -3.28. The van der Waals surface area contributed by atoms with Crippen molar-refractivity contribution < 1.29 is 19.5 Å². The van der Waals surface area contributed by atoms with E-state index in [-0.39, 0.29) is 23.0 Å². The van der Waals surface area contributed by atoms with Gasteiger partial charge >= 0.3 is 5.97 Å². The summed E-state index contributed by atoms with van der Waals surface area (Å²) in [5.41, 5.74) is 1.64. The van der Waals surface area contributed by atoms with Gasteiger partial charge in [0, 0.05) is 30.3 Å². The lowest BCUT2D eigenvalue weighted by molar-refractivity contribution is 0.0697. The van der Waals surface area contributed by atoms with Crippen LogP contribution in [0.2, 0.25) is 0 Å². The second kappa shape index (κ2) is 8.61. The van der Waals surface area contributed by atoms with E-state index in [1.807, 2.05) is 0 Å². The van der Waals surface area contributed by atoms with E-state index in [2.05, 4.69) is 10.3 Å². The fourth-order valence-corrected chi connectivity index (χ4v) is 3.51. The molecule has 1 aliphatic carbocycles. The standard InChI is InChI=1S/C22H22N2O4/c1-23-13-14-9-10-19(18(11-14)22(27)28)24-21(26)17-8-4-7-16(12-17)20(25)15-5-2-3-6-15/h4,7-13,15H,2-3,5-6H2,1H3,(H,24,26)(H,27,28). The third-order valence-corrected chi connectivity index (χ3v) is 4.94. The minimum atomic E-state index is -1.15. The van der Waals surface area contributed by atoms with Gasteiger partial charge in [-0.3, -0.25) is 14.6 Å². The van der Waals surface area contributed by atoms with Crippen LogP contribution in [0.25, 0.3) is 0 Å². The molecule has 0 aliphatic heterocycles. The molecule has 0 aromatic heterocycles. The summed E-state index contributed by atoms with van der Waals surface area (Å²) in [6.45, 7) is 0. The maximum Gasteiger partial charge on any atom is 0.337 e. The molecule has 0 unspecified atom stereocenters. The second-order valence-corrected chi connectivity index (χ2v) is 6.88. The predicted molar refractivity (Wildman–Crippen MR) is 108 cm³/mol. The molecule has 1 amide bonds.